The maximum absolute atomic E-state index is 10.9. The van der Waals surface area contributed by atoms with Crippen molar-refractivity contribution in [1.29, 1.82) is 0 Å². The highest BCUT2D eigenvalue weighted by Gasteiger charge is 2.05. The van der Waals surface area contributed by atoms with E-state index in [2.05, 4.69) is 15.1 Å². The van der Waals surface area contributed by atoms with E-state index in [0.29, 0.717) is 0 Å². The van der Waals surface area contributed by atoms with Gasteiger partial charge in [0.15, 0.2) is 0 Å². The van der Waals surface area contributed by atoms with Crippen molar-refractivity contribution in [3.63, 3.8) is 0 Å². The molecule has 0 saturated heterocycles. The zero-order valence-electron chi connectivity index (χ0n) is 5.93. The van der Waals surface area contributed by atoms with Crippen LogP contribution in [0.4, 0.5) is 0 Å². The maximum Gasteiger partial charge on any atom is 0.247 e. The molecule has 11 heavy (non-hydrogen) atoms. The third kappa shape index (κ3) is 2.19. The molecule has 0 spiro atoms. The SMILES string of the molecule is CCS(=O)(=O)Nn1ccnn1. The predicted molar refractivity (Wildman–Crippen MR) is 38.8 cm³/mol. The van der Waals surface area contributed by atoms with Crippen LogP contribution in [0, 0.1) is 0 Å². The Morgan fingerprint density at radius 2 is 2.36 bits per heavy atom. The lowest BCUT2D eigenvalue weighted by Gasteiger charge is -2.02. The van der Waals surface area contributed by atoms with Crippen LogP contribution >= 0.6 is 0 Å². The Morgan fingerprint density at radius 1 is 1.64 bits per heavy atom. The Labute approximate surface area is 64.2 Å². The first-order valence-corrected chi connectivity index (χ1v) is 4.66. The molecule has 1 rings (SSSR count). The molecule has 0 radical (unpaired) electrons. The summed E-state index contributed by atoms with van der Waals surface area (Å²) in [5, 5.41) is 6.85. The van der Waals surface area contributed by atoms with Gasteiger partial charge in [-0.1, -0.05) is 0 Å². The molecule has 0 aliphatic carbocycles. The quantitative estimate of drug-likeness (QED) is 0.652. The lowest BCUT2D eigenvalue weighted by atomic mass is 11.0. The summed E-state index contributed by atoms with van der Waals surface area (Å²) in [5.74, 6) is 0.0207. The highest BCUT2D eigenvalue weighted by atomic mass is 32.2. The molecule has 0 aliphatic rings. The number of rotatable bonds is 3. The van der Waals surface area contributed by atoms with E-state index in [4.69, 9.17) is 0 Å². The monoisotopic (exact) mass is 176 g/mol. The fourth-order valence-electron chi connectivity index (χ4n) is 0.464. The van der Waals surface area contributed by atoms with Crippen LogP contribution in [-0.2, 0) is 10.0 Å². The van der Waals surface area contributed by atoms with Gasteiger partial charge in [-0.15, -0.1) is 5.10 Å². The Hall–Kier alpha value is -1.11. The van der Waals surface area contributed by atoms with Gasteiger partial charge in [0.05, 0.1) is 18.1 Å². The summed E-state index contributed by atoms with van der Waals surface area (Å²) in [6.07, 6.45) is 2.80. The van der Waals surface area contributed by atoms with E-state index in [1.54, 1.807) is 6.92 Å². The minimum absolute atomic E-state index is 0.0207. The van der Waals surface area contributed by atoms with Gasteiger partial charge in [0.25, 0.3) is 0 Å². The second kappa shape index (κ2) is 2.87. The van der Waals surface area contributed by atoms with Crippen molar-refractivity contribution in [3.05, 3.63) is 12.4 Å². The molecule has 1 heterocycles. The van der Waals surface area contributed by atoms with Crippen LogP contribution < -0.4 is 4.83 Å². The molecule has 0 aromatic carbocycles. The normalized spacial score (nSPS) is 11.4. The summed E-state index contributed by atoms with van der Waals surface area (Å²) in [6, 6.07) is 0. The second-order valence-corrected chi connectivity index (χ2v) is 3.83. The first-order chi connectivity index (χ1) is 5.14. The van der Waals surface area contributed by atoms with E-state index in [9.17, 15) is 8.42 Å². The van der Waals surface area contributed by atoms with Gasteiger partial charge in [0, 0.05) is 0 Å². The summed E-state index contributed by atoms with van der Waals surface area (Å²) in [4.78, 5) is 3.20. The van der Waals surface area contributed by atoms with E-state index in [1.807, 2.05) is 0 Å². The van der Waals surface area contributed by atoms with Crippen molar-refractivity contribution in [3.8, 4) is 0 Å². The lowest BCUT2D eigenvalue weighted by molar-refractivity contribution is 0.591. The molecule has 7 heteroatoms. The molecule has 0 bridgehead atoms. The highest BCUT2D eigenvalue weighted by Crippen LogP contribution is 1.84. The van der Waals surface area contributed by atoms with Crippen LogP contribution in [0.2, 0.25) is 0 Å². The van der Waals surface area contributed by atoms with Crippen LogP contribution in [0.1, 0.15) is 6.92 Å². The fourth-order valence-corrected chi connectivity index (χ4v) is 0.975. The zero-order chi connectivity index (χ0) is 8.32. The number of aromatic nitrogens is 3. The van der Waals surface area contributed by atoms with Crippen molar-refractivity contribution >= 4 is 10.0 Å². The molecule has 0 saturated carbocycles. The van der Waals surface area contributed by atoms with Gasteiger partial charge in [-0.05, 0) is 12.1 Å². The number of hydrogen-bond donors (Lipinski definition) is 1. The van der Waals surface area contributed by atoms with E-state index < -0.39 is 10.0 Å². The topological polar surface area (TPSA) is 76.9 Å². The fraction of sp³-hybridized carbons (Fsp3) is 0.500. The van der Waals surface area contributed by atoms with E-state index in [0.717, 1.165) is 4.79 Å². The van der Waals surface area contributed by atoms with Gasteiger partial charge < -0.3 is 0 Å². The smallest absolute Gasteiger partial charge is 0.205 e. The van der Waals surface area contributed by atoms with Crippen LogP contribution in [0.25, 0.3) is 0 Å². The van der Waals surface area contributed by atoms with E-state index >= 15 is 0 Å². The first-order valence-electron chi connectivity index (χ1n) is 3.01. The van der Waals surface area contributed by atoms with Crippen molar-refractivity contribution in [2.24, 2.45) is 0 Å². The summed E-state index contributed by atoms with van der Waals surface area (Å²) in [6.45, 7) is 1.54. The van der Waals surface area contributed by atoms with E-state index in [1.165, 1.54) is 12.4 Å². The van der Waals surface area contributed by atoms with Gasteiger partial charge in [0.2, 0.25) is 10.0 Å². The molecule has 1 aromatic rings. The van der Waals surface area contributed by atoms with Crippen molar-refractivity contribution in [1.82, 2.24) is 15.1 Å². The summed E-state index contributed by atoms with van der Waals surface area (Å²) >= 11 is 0. The Bertz CT molecular complexity index is 303. The molecular formula is C4H8N4O2S. The molecule has 1 aromatic heterocycles. The zero-order valence-corrected chi connectivity index (χ0v) is 6.74. The van der Waals surface area contributed by atoms with Crippen molar-refractivity contribution < 1.29 is 8.42 Å². The molecule has 0 fully saturated rings. The molecule has 0 amide bonds. The van der Waals surface area contributed by atoms with Gasteiger partial charge >= 0.3 is 0 Å². The molecular weight excluding hydrogens is 168 g/mol. The van der Waals surface area contributed by atoms with Crippen LogP contribution in [0.5, 0.6) is 0 Å². The van der Waals surface area contributed by atoms with Crippen LogP contribution in [0.15, 0.2) is 12.4 Å². The molecule has 0 atom stereocenters. The lowest BCUT2D eigenvalue weighted by Crippen LogP contribution is -2.24. The Kier molecular flexibility index (Phi) is 2.08. The molecule has 62 valence electrons. The third-order valence-electron chi connectivity index (χ3n) is 1.04. The van der Waals surface area contributed by atoms with Gasteiger partial charge in [-0.2, -0.15) is 4.79 Å². The third-order valence-corrected chi connectivity index (χ3v) is 2.26. The Balaban J connectivity index is 2.72. The number of nitrogens with one attached hydrogen (secondary N) is 1. The number of hydrogen-bond acceptors (Lipinski definition) is 4. The maximum atomic E-state index is 10.9. The summed E-state index contributed by atoms with van der Waals surface area (Å²) in [5.41, 5.74) is 0. The van der Waals surface area contributed by atoms with Crippen LogP contribution in [0.3, 0.4) is 0 Å². The molecule has 6 nitrogen and oxygen atoms in total. The molecule has 1 N–H and O–H groups in total. The molecule has 0 unspecified atom stereocenters. The highest BCUT2D eigenvalue weighted by molar-refractivity contribution is 7.92. The van der Waals surface area contributed by atoms with E-state index in [-0.39, 0.29) is 5.75 Å². The van der Waals surface area contributed by atoms with Gasteiger partial charge in [-0.25, -0.2) is 13.2 Å². The first kappa shape index (κ1) is 7.99. The van der Waals surface area contributed by atoms with Gasteiger partial charge in [0.1, 0.15) is 0 Å². The molecule has 0 aliphatic heterocycles. The minimum atomic E-state index is -3.23. The average molecular weight is 176 g/mol. The second-order valence-electron chi connectivity index (χ2n) is 1.84. The summed E-state index contributed by atoms with van der Waals surface area (Å²) in [7, 11) is -3.23. The largest absolute Gasteiger partial charge is 0.247 e. The minimum Gasteiger partial charge on any atom is -0.205 e. The summed E-state index contributed by atoms with van der Waals surface area (Å²) < 4.78 is 21.7. The standard InChI is InChI=1S/C4H8N4O2S/c1-2-11(9,10)7-8-4-3-5-6-8/h3-4,7H,2H2,1H3. The van der Waals surface area contributed by atoms with Crippen molar-refractivity contribution in [2.45, 2.75) is 6.92 Å². The number of nitrogens with zero attached hydrogens (tertiary/aromatic N) is 3. The van der Waals surface area contributed by atoms with Gasteiger partial charge in [-0.3, -0.25) is 0 Å². The van der Waals surface area contributed by atoms with Crippen LogP contribution in [-0.4, -0.2) is 29.3 Å². The Morgan fingerprint density at radius 3 is 2.82 bits per heavy atom. The average Bonchev–Trinajstić information content (AvgIpc) is 2.39. The predicted octanol–water partition coefficient (Wildman–Crippen LogP) is -0.829. The number of sulfonamides is 1. The van der Waals surface area contributed by atoms with Crippen molar-refractivity contribution in [2.75, 3.05) is 10.6 Å².